The first kappa shape index (κ1) is 13.6. The number of alkyl carbamates (subject to hydrolysis) is 1. The molecule has 1 amide bonds. The number of halogens is 1. The third kappa shape index (κ3) is 3.36. The van der Waals surface area contributed by atoms with Gasteiger partial charge in [0.1, 0.15) is 12.3 Å². The Morgan fingerprint density at radius 2 is 2.00 bits per heavy atom. The molecule has 0 spiro atoms. The Hall–Kier alpha value is -0.800. The summed E-state index contributed by atoms with van der Waals surface area (Å²) in [6, 6.07) is -0.309. The van der Waals surface area contributed by atoms with Gasteiger partial charge >= 0.3 is 6.09 Å². The third-order valence-corrected chi connectivity index (χ3v) is 4.24. The maximum Gasteiger partial charge on any atom is 0.407 e. The fraction of sp³-hybridized carbons (Fsp3) is 0.929. The van der Waals surface area contributed by atoms with Gasteiger partial charge in [-0.15, -0.1) is 0 Å². The highest BCUT2D eigenvalue weighted by molar-refractivity contribution is 5.68. The average Bonchev–Trinajstić information content (AvgIpc) is 2.93. The molecule has 0 aromatic heterocycles. The lowest BCUT2D eigenvalue weighted by Gasteiger charge is -2.36. The van der Waals surface area contributed by atoms with Crippen molar-refractivity contribution in [1.29, 1.82) is 0 Å². The van der Waals surface area contributed by atoms with Gasteiger partial charge < -0.3 is 10.1 Å². The van der Waals surface area contributed by atoms with Gasteiger partial charge in [0.25, 0.3) is 0 Å². The molecular weight excluding hydrogens is 233 g/mol. The number of hydrogen-bond donors (Lipinski definition) is 1. The van der Waals surface area contributed by atoms with E-state index in [-0.39, 0.29) is 12.1 Å². The Labute approximate surface area is 108 Å². The van der Waals surface area contributed by atoms with E-state index in [1.165, 1.54) is 6.42 Å². The van der Waals surface area contributed by atoms with E-state index in [4.69, 9.17) is 4.74 Å². The van der Waals surface area contributed by atoms with Crippen molar-refractivity contribution in [3.05, 3.63) is 0 Å². The van der Waals surface area contributed by atoms with Gasteiger partial charge in [0.15, 0.2) is 0 Å². The number of rotatable bonds is 3. The summed E-state index contributed by atoms with van der Waals surface area (Å²) in [4.78, 5) is 11.7. The second-order valence-corrected chi connectivity index (χ2v) is 6.27. The first-order valence-electron chi connectivity index (χ1n) is 7.08. The minimum Gasteiger partial charge on any atom is -0.446 e. The lowest BCUT2D eigenvalue weighted by Crippen LogP contribution is -2.39. The van der Waals surface area contributed by atoms with Crippen LogP contribution in [-0.4, -0.2) is 24.4 Å². The largest absolute Gasteiger partial charge is 0.446 e. The highest BCUT2D eigenvalue weighted by Gasteiger charge is 2.40. The third-order valence-electron chi connectivity index (χ3n) is 4.24. The van der Waals surface area contributed by atoms with Crippen molar-refractivity contribution < 1.29 is 13.9 Å². The van der Waals surface area contributed by atoms with Gasteiger partial charge in [0.2, 0.25) is 0 Å². The minimum absolute atomic E-state index is 0.00874. The first-order valence-corrected chi connectivity index (χ1v) is 7.08. The molecule has 3 nitrogen and oxygen atoms in total. The Balaban J connectivity index is 1.85. The SMILES string of the molecule is CC(C)[C@@H]1CC[C@@H](C)C[C@H]1OC(=O)N[C@H]1C[C@H]1F. The van der Waals surface area contributed by atoms with Gasteiger partial charge in [-0.3, -0.25) is 0 Å². The van der Waals surface area contributed by atoms with Crippen LogP contribution in [0.5, 0.6) is 0 Å². The van der Waals surface area contributed by atoms with Crippen LogP contribution in [0.4, 0.5) is 9.18 Å². The summed E-state index contributed by atoms with van der Waals surface area (Å²) in [6.45, 7) is 6.55. The predicted octanol–water partition coefficient (Wildman–Crippen LogP) is 3.28. The van der Waals surface area contributed by atoms with Crippen LogP contribution >= 0.6 is 0 Å². The van der Waals surface area contributed by atoms with Crippen LogP contribution in [0, 0.1) is 17.8 Å². The first-order chi connectivity index (χ1) is 8.47. The van der Waals surface area contributed by atoms with Gasteiger partial charge in [-0.05, 0) is 30.6 Å². The van der Waals surface area contributed by atoms with Crippen LogP contribution in [0.25, 0.3) is 0 Å². The van der Waals surface area contributed by atoms with Crippen molar-refractivity contribution in [3.8, 4) is 0 Å². The molecule has 0 heterocycles. The summed E-state index contributed by atoms with van der Waals surface area (Å²) >= 11 is 0. The monoisotopic (exact) mass is 257 g/mol. The summed E-state index contributed by atoms with van der Waals surface area (Å²) < 4.78 is 18.2. The second kappa shape index (κ2) is 5.45. The average molecular weight is 257 g/mol. The number of carbonyl (C=O) groups excluding carboxylic acids is 1. The van der Waals surface area contributed by atoms with E-state index in [1.807, 2.05) is 0 Å². The van der Waals surface area contributed by atoms with Gasteiger partial charge in [0, 0.05) is 6.42 Å². The topological polar surface area (TPSA) is 38.3 Å². The highest BCUT2D eigenvalue weighted by atomic mass is 19.1. The molecule has 0 aromatic carbocycles. The molecule has 1 N–H and O–H groups in total. The van der Waals surface area contributed by atoms with E-state index >= 15 is 0 Å². The zero-order chi connectivity index (χ0) is 13.3. The summed E-state index contributed by atoms with van der Waals surface area (Å²) in [6.07, 6.45) is 2.37. The van der Waals surface area contributed by atoms with Crippen LogP contribution in [0.1, 0.15) is 46.5 Å². The standard InChI is InChI=1S/C14H24FNO2/c1-8(2)10-5-4-9(3)6-13(10)18-14(17)16-12-7-11(12)15/h8-13H,4-7H2,1-3H3,(H,16,17)/t9-,10+,11-,12+,13-/m1/s1. The molecule has 2 fully saturated rings. The number of hydrogen-bond acceptors (Lipinski definition) is 2. The molecule has 4 heteroatoms. The number of carbonyl (C=O) groups is 1. The van der Waals surface area contributed by atoms with Crippen molar-refractivity contribution in [3.63, 3.8) is 0 Å². The van der Waals surface area contributed by atoms with Crippen molar-refractivity contribution in [2.24, 2.45) is 17.8 Å². The van der Waals surface area contributed by atoms with Crippen LogP contribution in [-0.2, 0) is 4.74 Å². The van der Waals surface area contributed by atoms with Crippen LogP contribution in [0.15, 0.2) is 0 Å². The van der Waals surface area contributed by atoms with Crippen LogP contribution in [0.2, 0.25) is 0 Å². The molecule has 0 bridgehead atoms. The molecule has 2 rings (SSSR count). The normalized spacial score (nSPS) is 39.5. The molecule has 18 heavy (non-hydrogen) atoms. The van der Waals surface area contributed by atoms with Crippen LogP contribution in [0.3, 0.4) is 0 Å². The lowest BCUT2D eigenvalue weighted by atomic mass is 9.75. The number of amides is 1. The summed E-state index contributed by atoms with van der Waals surface area (Å²) in [5.41, 5.74) is 0. The van der Waals surface area contributed by atoms with E-state index in [0.717, 1.165) is 12.8 Å². The number of ether oxygens (including phenoxy) is 1. The Morgan fingerprint density at radius 3 is 2.56 bits per heavy atom. The smallest absolute Gasteiger partial charge is 0.407 e. The lowest BCUT2D eigenvalue weighted by molar-refractivity contribution is 0.00581. The number of alkyl halides is 1. The molecule has 104 valence electrons. The molecule has 2 aliphatic rings. The van der Waals surface area contributed by atoms with Gasteiger partial charge in [-0.25, -0.2) is 9.18 Å². The Morgan fingerprint density at radius 1 is 1.33 bits per heavy atom. The van der Waals surface area contributed by atoms with Gasteiger partial charge in [0.05, 0.1) is 6.04 Å². The summed E-state index contributed by atoms with van der Waals surface area (Å²) in [5.74, 6) is 1.56. The zero-order valence-electron chi connectivity index (χ0n) is 11.5. The fourth-order valence-corrected chi connectivity index (χ4v) is 2.89. The molecule has 0 aromatic rings. The van der Waals surface area contributed by atoms with E-state index < -0.39 is 12.3 Å². The predicted molar refractivity (Wildman–Crippen MR) is 68.0 cm³/mol. The molecule has 0 radical (unpaired) electrons. The van der Waals surface area contributed by atoms with E-state index in [9.17, 15) is 9.18 Å². The quantitative estimate of drug-likeness (QED) is 0.842. The summed E-state index contributed by atoms with van der Waals surface area (Å²) in [7, 11) is 0. The number of nitrogens with one attached hydrogen (secondary N) is 1. The van der Waals surface area contributed by atoms with Gasteiger partial charge in [-0.1, -0.05) is 27.2 Å². The van der Waals surface area contributed by atoms with Crippen molar-refractivity contribution in [1.82, 2.24) is 5.32 Å². The Kier molecular flexibility index (Phi) is 4.13. The van der Waals surface area contributed by atoms with E-state index in [1.54, 1.807) is 0 Å². The van der Waals surface area contributed by atoms with Crippen molar-refractivity contribution in [2.45, 2.75) is 64.8 Å². The molecule has 2 saturated carbocycles. The minimum atomic E-state index is -0.872. The molecule has 5 atom stereocenters. The molecule has 0 aliphatic heterocycles. The maximum absolute atomic E-state index is 12.7. The fourth-order valence-electron chi connectivity index (χ4n) is 2.89. The summed E-state index contributed by atoms with van der Waals surface area (Å²) in [5, 5.41) is 2.59. The molecular formula is C14H24FNO2. The van der Waals surface area contributed by atoms with Gasteiger partial charge in [-0.2, -0.15) is 0 Å². The zero-order valence-corrected chi connectivity index (χ0v) is 11.5. The van der Waals surface area contributed by atoms with Crippen molar-refractivity contribution >= 4 is 6.09 Å². The molecule has 0 unspecified atom stereocenters. The molecule has 2 aliphatic carbocycles. The maximum atomic E-state index is 12.7. The van der Waals surface area contributed by atoms with E-state index in [2.05, 4.69) is 26.1 Å². The highest BCUT2D eigenvalue weighted by Crippen LogP contribution is 2.35. The van der Waals surface area contributed by atoms with Crippen molar-refractivity contribution in [2.75, 3.05) is 0 Å². The molecule has 0 saturated heterocycles. The van der Waals surface area contributed by atoms with Crippen LogP contribution < -0.4 is 5.32 Å². The second-order valence-electron chi connectivity index (χ2n) is 6.27. The Bertz CT molecular complexity index is 308. The van der Waals surface area contributed by atoms with E-state index in [0.29, 0.717) is 24.2 Å².